The summed E-state index contributed by atoms with van der Waals surface area (Å²) in [6.45, 7) is 14.7. The van der Waals surface area contributed by atoms with E-state index in [1.165, 1.54) is 24.9 Å². The van der Waals surface area contributed by atoms with E-state index in [2.05, 4.69) is 64.3 Å². The van der Waals surface area contributed by atoms with Gasteiger partial charge in [-0.25, -0.2) is 14.0 Å². The van der Waals surface area contributed by atoms with Crippen LogP contribution in [0.3, 0.4) is 0 Å². The zero-order valence-electron chi connectivity index (χ0n) is 46.6. The van der Waals surface area contributed by atoms with E-state index >= 15 is 0 Å². The minimum Gasteiger partial charge on any atom is -0.497 e. The molecule has 5 aliphatic rings. The normalized spacial score (nSPS) is 23.8. The van der Waals surface area contributed by atoms with Crippen LogP contribution in [0.2, 0.25) is 0 Å². The number of hydrogen-bond donors (Lipinski definition) is 8. The van der Waals surface area contributed by atoms with E-state index < -0.39 is 17.1 Å². The van der Waals surface area contributed by atoms with E-state index in [-0.39, 0.29) is 83.6 Å². The highest BCUT2D eigenvalue weighted by Gasteiger charge is 2.35. The zero-order valence-corrected chi connectivity index (χ0v) is 48.2. The van der Waals surface area contributed by atoms with Crippen molar-refractivity contribution in [2.24, 2.45) is 11.8 Å². The Balaban J connectivity index is 0.716. The van der Waals surface area contributed by atoms with Crippen molar-refractivity contribution in [2.45, 2.75) is 67.6 Å². The lowest BCUT2D eigenvalue weighted by atomic mass is 10.1. The van der Waals surface area contributed by atoms with Gasteiger partial charge in [-0.05, 0) is 50.7 Å². The van der Waals surface area contributed by atoms with Crippen LogP contribution in [0, 0.1) is 17.7 Å². The Labute approximate surface area is 472 Å². The lowest BCUT2D eigenvalue weighted by Gasteiger charge is -2.42. The summed E-state index contributed by atoms with van der Waals surface area (Å²) in [5.74, 6) is 0.751. The smallest absolute Gasteiger partial charge is 0.321 e. The van der Waals surface area contributed by atoms with E-state index in [1.807, 2.05) is 11.8 Å². The highest BCUT2D eigenvalue weighted by Crippen LogP contribution is 2.29. The number of thioether (sulfide) groups is 2. The van der Waals surface area contributed by atoms with Crippen LogP contribution in [-0.4, -0.2) is 239 Å². The van der Waals surface area contributed by atoms with Gasteiger partial charge in [0, 0.05) is 147 Å². The Kier molecular flexibility index (Phi) is 23.8. The standard InChI is InChI=1S/C53H83FN14O9S2/c1-35-31-57-51(73)61-48(35)79-44(47(71)58-36(2)42-12-11-41(75-6)30-43(42)54)13-14-45(69)64(4)23-26-76-27-25-66-17-21-68(22-18-66)50-55-32-37(33-56-50)49(72)65(5)24-28-77-40-9-7-38(8-10-40)59-52(74)62-53-60-39(34-78-53)29-46(70)67-19-15-63(3)16-20-67/h7-12,30,35-37,39,44,48,50,53,55-56,60H,13-29,31-34H2,1-6H3,(H,58,71)(H2,57,61,73)(H2,59,62,74)/t35?,36-,37?,39?,44+,48?,50?,53?/m1/s1. The van der Waals surface area contributed by atoms with Gasteiger partial charge in [0.15, 0.2) is 0 Å². The molecule has 438 valence electrons. The van der Waals surface area contributed by atoms with Crippen molar-refractivity contribution in [3.05, 3.63) is 53.8 Å². The molecule has 5 fully saturated rings. The van der Waals surface area contributed by atoms with Crippen molar-refractivity contribution in [3.63, 3.8) is 0 Å². The molecule has 5 heterocycles. The number of likely N-dealkylation sites (N-methyl/N-ethyl adjacent to an activating group) is 3. The number of halogens is 1. The average Bonchev–Trinajstić information content (AvgIpc) is 3.90. The molecule has 26 heteroatoms. The monoisotopic (exact) mass is 1140 g/mol. The minimum absolute atomic E-state index is 0.00336. The summed E-state index contributed by atoms with van der Waals surface area (Å²) in [7, 11) is 7.02. The maximum Gasteiger partial charge on any atom is 0.321 e. The highest BCUT2D eigenvalue weighted by atomic mass is 32.2. The second-order valence-electron chi connectivity index (χ2n) is 21.0. The van der Waals surface area contributed by atoms with Crippen LogP contribution >= 0.6 is 23.5 Å². The fourth-order valence-electron chi connectivity index (χ4n) is 9.82. The third-order valence-electron chi connectivity index (χ3n) is 15.0. The van der Waals surface area contributed by atoms with Crippen molar-refractivity contribution in [3.8, 4) is 11.5 Å². The maximum atomic E-state index is 14.9. The van der Waals surface area contributed by atoms with Gasteiger partial charge in [-0.2, -0.15) is 0 Å². The molecule has 2 aromatic carbocycles. The molecule has 0 spiro atoms. The van der Waals surface area contributed by atoms with Crippen LogP contribution in [0.5, 0.6) is 11.5 Å². The average molecular weight is 1140 g/mol. The summed E-state index contributed by atoms with van der Waals surface area (Å²) < 4.78 is 31.9. The van der Waals surface area contributed by atoms with E-state index in [0.29, 0.717) is 81.7 Å². The minimum atomic E-state index is -0.681. The Morgan fingerprint density at radius 3 is 2.32 bits per heavy atom. The van der Waals surface area contributed by atoms with Crippen LogP contribution in [0.15, 0.2) is 42.5 Å². The molecule has 0 aliphatic carbocycles. The molecule has 0 bridgehead atoms. The van der Waals surface area contributed by atoms with Crippen molar-refractivity contribution >= 4 is 64.9 Å². The number of nitrogens with zero attached hydrogens (tertiary/aromatic N) is 6. The number of urea groups is 2. The summed E-state index contributed by atoms with van der Waals surface area (Å²) in [6.07, 6.45) is 0.710. The first-order chi connectivity index (χ1) is 38.0. The molecule has 6 atom stereocenters. The van der Waals surface area contributed by atoms with Crippen molar-refractivity contribution in [1.82, 2.24) is 66.6 Å². The molecular weight excluding hydrogens is 1060 g/mol. The quantitative estimate of drug-likeness (QED) is 0.0651. The third-order valence-corrected chi connectivity index (χ3v) is 17.8. The Hall–Kier alpha value is -5.19. The van der Waals surface area contributed by atoms with Gasteiger partial charge in [-0.1, -0.05) is 13.0 Å². The van der Waals surface area contributed by atoms with E-state index in [4.69, 9.17) is 14.2 Å². The van der Waals surface area contributed by atoms with Gasteiger partial charge < -0.3 is 60.4 Å². The first kappa shape index (κ1) is 61.4. The summed E-state index contributed by atoms with van der Waals surface area (Å²) in [4.78, 5) is 90.1. The van der Waals surface area contributed by atoms with Crippen LogP contribution in [0.1, 0.15) is 44.7 Å². The van der Waals surface area contributed by atoms with Crippen molar-refractivity contribution < 1.29 is 47.4 Å². The number of hydrogen-bond acceptors (Lipinski definition) is 17. The molecule has 2 aromatic rings. The molecule has 23 nitrogen and oxygen atoms in total. The largest absolute Gasteiger partial charge is 0.497 e. The Morgan fingerprint density at radius 1 is 0.899 bits per heavy atom. The molecule has 5 saturated heterocycles. The molecule has 0 aromatic heterocycles. The topological polar surface area (TPSA) is 246 Å². The van der Waals surface area contributed by atoms with Gasteiger partial charge in [0.25, 0.3) is 0 Å². The fraction of sp³-hybridized carbons (Fsp3) is 0.660. The van der Waals surface area contributed by atoms with Crippen LogP contribution in [0.4, 0.5) is 19.7 Å². The molecule has 7 rings (SSSR count). The number of amides is 8. The second-order valence-corrected chi connectivity index (χ2v) is 23.4. The van der Waals surface area contributed by atoms with Crippen molar-refractivity contribution in [2.75, 3.05) is 151 Å². The number of nitrogens with one attached hydrogen (secondary N) is 8. The number of carbonyl (C=O) groups excluding carboxylic acids is 6. The van der Waals surface area contributed by atoms with Crippen LogP contribution in [-0.2, 0) is 23.9 Å². The van der Waals surface area contributed by atoms with Crippen molar-refractivity contribution in [1.29, 1.82) is 0 Å². The number of rotatable bonds is 25. The number of piperazine rings is 2. The molecule has 5 aliphatic heterocycles. The molecular formula is C53H83FN14O9S2. The molecule has 79 heavy (non-hydrogen) atoms. The second kappa shape index (κ2) is 30.6. The van der Waals surface area contributed by atoms with Gasteiger partial charge >= 0.3 is 12.1 Å². The number of anilines is 1. The molecule has 4 unspecified atom stereocenters. The van der Waals surface area contributed by atoms with Crippen LogP contribution < -0.4 is 52.0 Å². The van der Waals surface area contributed by atoms with E-state index in [9.17, 15) is 33.2 Å². The number of methoxy groups -OCH3 is 1. The Bertz CT molecular complexity index is 2330. The summed E-state index contributed by atoms with van der Waals surface area (Å²) >= 11 is 2.87. The van der Waals surface area contributed by atoms with E-state index in [1.54, 1.807) is 79.0 Å². The molecule has 0 saturated carbocycles. The van der Waals surface area contributed by atoms with Crippen LogP contribution in [0.25, 0.3) is 0 Å². The predicted molar refractivity (Wildman–Crippen MR) is 303 cm³/mol. The SMILES string of the molecule is COc1ccc([C@@H](C)NC(=O)[C@H](CCC(=O)N(C)CCOCCN2CCN(C3NCC(C(=O)N(C)CCOc4ccc(NC(=O)NC5NC(CC(=O)N6CCN(C)CC6)CS5)cc4)CN3)CC2)SC2NC(=O)NCC2C)c(F)c1. The van der Waals surface area contributed by atoms with E-state index in [0.717, 1.165) is 64.7 Å². The molecule has 8 amide bonds. The lowest BCUT2D eigenvalue weighted by Crippen LogP contribution is -2.65. The number of ether oxygens (including phenoxy) is 3. The number of benzene rings is 2. The maximum absolute atomic E-state index is 14.9. The summed E-state index contributed by atoms with van der Waals surface area (Å²) in [5.41, 5.74) is 0.628. The molecule has 0 radical (unpaired) electrons. The first-order valence-corrected chi connectivity index (χ1v) is 29.5. The lowest BCUT2D eigenvalue weighted by molar-refractivity contribution is -0.135. The third kappa shape index (κ3) is 18.9. The summed E-state index contributed by atoms with van der Waals surface area (Å²) in [5, 5.41) is 23.7. The van der Waals surface area contributed by atoms with Gasteiger partial charge in [-0.15, -0.1) is 23.5 Å². The van der Waals surface area contributed by atoms with Gasteiger partial charge in [0.05, 0.1) is 49.5 Å². The zero-order chi connectivity index (χ0) is 56.4. The fourth-order valence-corrected chi connectivity index (χ4v) is 12.3. The highest BCUT2D eigenvalue weighted by molar-refractivity contribution is 8.01. The predicted octanol–water partition coefficient (Wildman–Crippen LogP) is 1.17. The number of carbonyl (C=O) groups is 6. The summed E-state index contributed by atoms with van der Waals surface area (Å²) in [6, 6.07) is 10.3. The Morgan fingerprint density at radius 2 is 1.61 bits per heavy atom. The van der Waals surface area contributed by atoms with Gasteiger partial charge in [0.2, 0.25) is 23.6 Å². The van der Waals surface area contributed by atoms with Gasteiger partial charge in [-0.3, -0.25) is 44.9 Å². The first-order valence-electron chi connectivity index (χ1n) is 27.5. The molecule has 8 N–H and O–H groups in total. The van der Waals surface area contributed by atoms with Gasteiger partial charge in [0.1, 0.15) is 35.7 Å².